The molecule has 1 unspecified atom stereocenters. The number of aromatic nitrogens is 3. The van der Waals surface area contributed by atoms with Crippen LogP contribution in [0.1, 0.15) is 50.4 Å². The van der Waals surface area contributed by atoms with Crippen LogP contribution in [0.5, 0.6) is 0 Å². The second kappa shape index (κ2) is 14.6. The van der Waals surface area contributed by atoms with Gasteiger partial charge in [-0.05, 0) is 51.1 Å². The minimum absolute atomic E-state index is 0.0125. The predicted octanol–water partition coefficient (Wildman–Crippen LogP) is 7.02. The molecule has 0 saturated heterocycles. The van der Waals surface area contributed by atoms with Crippen LogP contribution in [0.2, 0.25) is 0 Å². The average Bonchev–Trinajstić information content (AvgIpc) is 2.90. The number of rotatable bonds is 10. The van der Waals surface area contributed by atoms with Gasteiger partial charge in [0.1, 0.15) is 5.82 Å². The molecular formula is C28H35F3N6. The van der Waals surface area contributed by atoms with E-state index in [1.165, 1.54) is 11.6 Å². The molecule has 3 aromatic rings. The highest BCUT2D eigenvalue weighted by atomic mass is 19.4. The van der Waals surface area contributed by atoms with Gasteiger partial charge in [-0.15, -0.1) is 6.58 Å². The highest BCUT2D eigenvalue weighted by Crippen LogP contribution is 2.29. The highest BCUT2D eigenvalue weighted by Gasteiger charge is 2.30. The summed E-state index contributed by atoms with van der Waals surface area (Å²) in [4.78, 5) is 13.0. The first-order valence-corrected chi connectivity index (χ1v) is 12.1. The summed E-state index contributed by atoms with van der Waals surface area (Å²) in [5.74, 6) is 0.838. The summed E-state index contributed by atoms with van der Waals surface area (Å²) in [5.41, 5.74) is 3.28. The number of hydrogen-bond donors (Lipinski definition) is 3. The normalized spacial score (nSPS) is 11.9. The molecule has 0 amide bonds. The molecule has 6 nitrogen and oxygen atoms in total. The minimum atomic E-state index is -4.40. The highest BCUT2D eigenvalue weighted by molar-refractivity contribution is 5.65. The Morgan fingerprint density at radius 2 is 1.65 bits per heavy atom. The number of halogens is 3. The van der Waals surface area contributed by atoms with Crippen molar-refractivity contribution in [1.29, 1.82) is 0 Å². The molecule has 0 fully saturated rings. The maximum absolute atomic E-state index is 12.7. The zero-order valence-corrected chi connectivity index (χ0v) is 21.7. The van der Waals surface area contributed by atoms with Crippen molar-refractivity contribution < 1.29 is 13.2 Å². The van der Waals surface area contributed by atoms with E-state index in [9.17, 15) is 13.2 Å². The summed E-state index contributed by atoms with van der Waals surface area (Å²) in [6.07, 6.45) is 4.76. The van der Waals surface area contributed by atoms with E-state index in [0.717, 1.165) is 35.5 Å². The van der Waals surface area contributed by atoms with Gasteiger partial charge in [-0.25, -0.2) is 15.0 Å². The van der Waals surface area contributed by atoms with E-state index in [0.29, 0.717) is 24.9 Å². The van der Waals surface area contributed by atoms with Crippen LogP contribution >= 0.6 is 0 Å². The van der Waals surface area contributed by atoms with Gasteiger partial charge in [0, 0.05) is 36.6 Å². The van der Waals surface area contributed by atoms with Crippen molar-refractivity contribution in [3.63, 3.8) is 0 Å². The molecule has 0 radical (unpaired) electrons. The molecule has 0 saturated carbocycles. The molecule has 2 heterocycles. The number of anilines is 2. The molecular weight excluding hydrogens is 477 g/mol. The summed E-state index contributed by atoms with van der Waals surface area (Å²) in [7, 11) is 0. The summed E-state index contributed by atoms with van der Waals surface area (Å²) >= 11 is 0. The van der Waals surface area contributed by atoms with Gasteiger partial charge >= 0.3 is 6.18 Å². The summed E-state index contributed by atoms with van der Waals surface area (Å²) in [6.45, 7) is 12.3. The molecule has 0 bridgehead atoms. The second-order valence-electron chi connectivity index (χ2n) is 8.13. The Morgan fingerprint density at radius 3 is 2.22 bits per heavy atom. The number of nitrogens with zero attached hydrogens (tertiary/aromatic N) is 3. The Hall–Kier alpha value is -3.88. The lowest BCUT2D eigenvalue weighted by Crippen LogP contribution is -2.18. The number of hydrogen-bond acceptors (Lipinski definition) is 6. The SMILES string of the molecule is C/C=C\NC(C)c1cnc(NCCNc2ccc(C(F)(F)F)cn2)nc1-c1ccc(CC)cc1.C=CC. The fraction of sp³-hybridized carbons (Fsp3) is 0.321. The lowest BCUT2D eigenvalue weighted by molar-refractivity contribution is -0.137. The van der Waals surface area contributed by atoms with E-state index in [-0.39, 0.29) is 6.04 Å². The quantitative estimate of drug-likeness (QED) is 0.200. The third-order valence-electron chi connectivity index (χ3n) is 5.24. The third-order valence-corrected chi connectivity index (χ3v) is 5.24. The van der Waals surface area contributed by atoms with Crippen LogP contribution < -0.4 is 16.0 Å². The van der Waals surface area contributed by atoms with Crippen LogP contribution in [0.15, 0.2) is 73.7 Å². The van der Waals surface area contributed by atoms with Crippen LogP contribution in [0.3, 0.4) is 0 Å². The first-order valence-electron chi connectivity index (χ1n) is 12.1. The van der Waals surface area contributed by atoms with Gasteiger partial charge in [-0.1, -0.05) is 43.3 Å². The summed E-state index contributed by atoms with van der Waals surface area (Å²) in [6, 6.07) is 10.6. The van der Waals surface area contributed by atoms with E-state index < -0.39 is 11.7 Å². The monoisotopic (exact) mass is 512 g/mol. The fourth-order valence-electron chi connectivity index (χ4n) is 3.28. The Morgan fingerprint density at radius 1 is 0.973 bits per heavy atom. The predicted molar refractivity (Wildman–Crippen MR) is 145 cm³/mol. The lowest BCUT2D eigenvalue weighted by Gasteiger charge is -2.17. The first kappa shape index (κ1) is 29.4. The van der Waals surface area contributed by atoms with Gasteiger partial charge in [-0.3, -0.25) is 0 Å². The summed E-state index contributed by atoms with van der Waals surface area (Å²) < 4.78 is 38.0. The van der Waals surface area contributed by atoms with Crippen molar-refractivity contribution in [1.82, 2.24) is 20.3 Å². The van der Waals surface area contributed by atoms with E-state index in [1.807, 2.05) is 32.3 Å². The standard InChI is InChI=1S/C25H29F3N6.C3H6/c1-4-12-29-17(3)21-16-33-24(34-23(21)19-8-6-18(5-2)7-9-19)31-14-13-30-22-11-10-20(15-32-22)25(26,27)28;1-3-2/h4,6-12,15-17,29H,5,13-14H2,1-3H3,(H,30,32)(H,31,33,34);3H,1H2,2H3/b12-4-;. The zero-order chi connectivity index (χ0) is 27.3. The number of aryl methyl sites for hydroxylation is 1. The number of nitrogens with one attached hydrogen (secondary N) is 3. The molecule has 2 aromatic heterocycles. The van der Waals surface area contributed by atoms with Crippen molar-refractivity contribution in [3.05, 3.63) is 90.4 Å². The molecule has 3 rings (SSSR count). The van der Waals surface area contributed by atoms with Gasteiger partial charge < -0.3 is 16.0 Å². The third kappa shape index (κ3) is 9.25. The molecule has 1 aromatic carbocycles. The molecule has 9 heteroatoms. The van der Waals surface area contributed by atoms with E-state index >= 15 is 0 Å². The van der Waals surface area contributed by atoms with Crippen molar-refractivity contribution in [3.8, 4) is 11.3 Å². The number of benzene rings is 1. The van der Waals surface area contributed by atoms with Crippen molar-refractivity contribution >= 4 is 11.8 Å². The zero-order valence-electron chi connectivity index (χ0n) is 21.7. The second-order valence-corrected chi connectivity index (χ2v) is 8.13. The van der Waals surface area contributed by atoms with E-state index in [2.05, 4.69) is 70.6 Å². The minimum Gasteiger partial charge on any atom is -0.384 e. The van der Waals surface area contributed by atoms with Crippen LogP contribution in [-0.4, -0.2) is 28.0 Å². The fourth-order valence-corrected chi connectivity index (χ4v) is 3.28. The maximum Gasteiger partial charge on any atom is 0.417 e. The van der Waals surface area contributed by atoms with Gasteiger partial charge in [0.15, 0.2) is 0 Å². The Labute approximate surface area is 217 Å². The largest absolute Gasteiger partial charge is 0.417 e. The molecule has 0 aliphatic carbocycles. The average molecular weight is 513 g/mol. The van der Waals surface area contributed by atoms with E-state index in [4.69, 9.17) is 4.98 Å². The molecule has 0 aliphatic rings. The van der Waals surface area contributed by atoms with Crippen LogP contribution in [0, 0.1) is 0 Å². The molecule has 198 valence electrons. The Balaban J connectivity index is 0.00000153. The smallest absolute Gasteiger partial charge is 0.384 e. The number of allylic oxidation sites excluding steroid dienone is 2. The topological polar surface area (TPSA) is 74.8 Å². The molecule has 37 heavy (non-hydrogen) atoms. The number of pyridine rings is 1. The van der Waals surface area contributed by atoms with Gasteiger partial charge in [0.25, 0.3) is 0 Å². The van der Waals surface area contributed by atoms with Crippen LogP contribution in [0.25, 0.3) is 11.3 Å². The van der Waals surface area contributed by atoms with Crippen molar-refractivity contribution in [2.75, 3.05) is 23.7 Å². The van der Waals surface area contributed by atoms with Crippen LogP contribution in [0.4, 0.5) is 24.9 Å². The first-order chi connectivity index (χ1) is 17.7. The van der Waals surface area contributed by atoms with Crippen molar-refractivity contribution in [2.24, 2.45) is 0 Å². The van der Waals surface area contributed by atoms with Crippen molar-refractivity contribution in [2.45, 2.75) is 46.3 Å². The molecule has 3 N–H and O–H groups in total. The Bertz CT molecular complexity index is 1130. The van der Waals surface area contributed by atoms with Gasteiger partial charge in [-0.2, -0.15) is 13.2 Å². The molecule has 1 atom stereocenters. The number of alkyl halides is 3. The molecule has 0 aliphatic heterocycles. The van der Waals surface area contributed by atoms with E-state index in [1.54, 1.807) is 6.08 Å². The van der Waals surface area contributed by atoms with Gasteiger partial charge in [0.2, 0.25) is 5.95 Å². The van der Waals surface area contributed by atoms with Crippen LogP contribution in [-0.2, 0) is 12.6 Å². The summed E-state index contributed by atoms with van der Waals surface area (Å²) in [5, 5.41) is 9.47. The maximum atomic E-state index is 12.7. The van der Waals surface area contributed by atoms with Gasteiger partial charge in [0.05, 0.1) is 17.3 Å². The molecule has 0 spiro atoms. The lowest BCUT2D eigenvalue weighted by atomic mass is 10.0. The Kier molecular flexibility index (Phi) is 11.6.